The number of hydrogen-bond donors (Lipinski definition) is 5. The van der Waals surface area contributed by atoms with Gasteiger partial charge in [0.1, 0.15) is 24.5 Å². The first kappa shape index (κ1) is 43.9. The molecule has 0 aliphatic carbocycles. The molecular weight excluding hydrogens is 751 g/mol. The van der Waals surface area contributed by atoms with E-state index in [1.54, 1.807) is 13.8 Å². The molecule has 5 fully saturated rings. The van der Waals surface area contributed by atoms with Crippen molar-refractivity contribution >= 4 is 54.4 Å². The third-order valence-corrected chi connectivity index (χ3v) is 10.9. The number of hydrogen-bond acceptors (Lipinski definition) is 17. The fraction of sp³-hybridized carbons (Fsp3) is 0.771. The molecule has 6 atom stereocenters. The number of carbonyl (C=O) groups excluding carboxylic acids is 8. The molecular formula is C35H55BN8O13. The second-order valence-electron chi connectivity index (χ2n) is 15.6. The minimum Gasteiger partial charge on any atom is -0.426 e. The summed E-state index contributed by atoms with van der Waals surface area (Å²) in [6, 6.07) is -3.19. The Morgan fingerprint density at radius 2 is 1.37 bits per heavy atom. The molecule has 0 aromatic carbocycles. The molecule has 0 aromatic rings. The summed E-state index contributed by atoms with van der Waals surface area (Å²) in [7, 11) is -1.71. The van der Waals surface area contributed by atoms with Crippen LogP contribution in [0, 0.1) is 5.92 Å². The smallest absolute Gasteiger partial charge is 0.426 e. The van der Waals surface area contributed by atoms with Gasteiger partial charge in [-0.1, -0.05) is 13.8 Å². The zero-order valence-electron chi connectivity index (χ0n) is 32.8. The molecule has 316 valence electrons. The molecule has 0 aromatic heterocycles. The molecule has 4 amide bonds. The van der Waals surface area contributed by atoms with Gasteiger partial charge in [-0.05, 0) is 32.1 Å². The first-order valence-corrected chi connectivity index (χ1v) is 19.6. The summed E-state index contributed by atoms with van der Waals surface area (Å²) >= 11 is 0. The van der Waals surface area contributed by atoms with Gasteiger partial charge >= 0.3 is 31.0 Å². The number of Topliss-reactive ketones (excluding diaryl/α,β-unsaturated/α-hetero) is 1. The lowest BCUT2D eigenvalue weighted by Gasteiger charge is -2.35. The van der Waals surface area contributed by atoms with Gasteiger partial charge in [-0.15, -0.1) is 0 Å². The Hall–Kier alpha value is -4.22. The Morgan fingerprint density at radius 1 is 0.789 bits per heavy atom. The van der Waals surface area contributed by atoms with Crippen LogP contribution in [-0.4, -0.2) is 204 Å². The standard InChI is InChI=1S/C35H55BN8O13/c1-22(2)31(32(50)38-23(3)33(51)44-8-4-5-26(44)36(53)54)39-28(47)18-37-27(46)7-6-25-34(52)57-35-17-24(45)19-40-9-11-41(20-29(48)55-35)13-15-43(25)16-14-42(12-10-40)21-30(49)56-35/h22-23,25-26,31,53-54H,4-21H2,1-3H3,(H,37,46)(H,38,50)(H,39,47)/t23-,25-,26+,31+/m1/s1. The van der Waals surface area contributed by atoms with Crippen molar-refractivity contribution in [2.24, 2.45) is 5.92 Å². The van der Waals surface area contributed by atoms with E-state index in [0.717, 1.165) is 0 Å². The van der Waals surface area contributed by atoms with E-state index in [-0.39, 0.29) is 45.6 Å². The van der Waals surface area contributed by atoms with Crippen LogP contribution in [0.25, 0.3) is 0 Å². The number of esters is 3. The zero-order chi connectivity index (χ0) is 41.4. The highest BCUT2D eigenvalue weighted by molar-refractivity contribution is 6.43. The number of ether oxygens (including phenoxy) is 3. The van der Waals surface area contributed by atoms with Crippen molar-refractivity contribution in [3.8, 4) is 0 Å². The molecule has 0 radical (unpaired) electrons. The number of rotatable bonds is 11. The van der Waals surface area contributed by atoms with Gasteiger partial charge in [-0.3, -0.25) is 58.0 Å². The average molecular weight is 807 g/mol. The quantitative estimate of drug-likeness (QED) is 0.0973. The first-order valence-electron chi connectivity index (χ1n) is 19.6. The molecule has 5 heterocycles. The van der Waals surface area contributed by atoms with E-state index in [1.165, 1.54) is 11.8 Å². The van der Waals surface area contributed by atoms with Crippen molar-refractivity contribution in [2.75, 3.05) is 85.1 Å². The largest absolute Gasteiger partial charge is 0.475 e. The maximum atomic E-state index is 14.0. The monoisotopic (exact) mass is 806 g/mol. The summed E-state index contributed by atoms with van der Waals surface area (Å²) in [5.74, 6) is -9.37. The maximum Gasteiger partial charge on any atom is 0.475 e. The minimum absolute atomic E-state index is 0.0446. The molecule has 5 rings (SSSR count). The summed E-state index contributed by atoms with van der Waals surface area (Å²) in [6.45, 7) is 7.20. The lowest BCUT2D eigenvalue weighted by molar-refractivity contribution is -0.329. The van der Waals surface area contributed by atoms with Crippen molar-refractivity contribution < 1.29 is 62.6 Å². The van der Waals surface area contributed by atoms with Gasteiger partial charge in [0.25, 0.3) is 0 Å². The Kier molecular flexibility index (Phi) is 15.0. The van der Waals surface area contributed by atoms with Gasteiger partial charge in [0, 0.05) is 65.3 Å². The highest BCUT2D eigenvalue weighted by Gasteiger charge is 2.49. The van der Waals surface area contributed by atoms with Crippen molar-refractivity contribution in [2.45, 2.75) is 82.9 Å². The molecule has 1 spiro atoms. The van der Waals surface area contributed by atoms with Crippen LogP contribution in [0.2, 0.25) is 0 Å². The van der Waals surface area contributed by atoms with E-state index in [9.17, 15) is 48.4 Å². The number of carbonyl (C=O) groups is 8. The van der Waals surface area contributed by atoms with E-state index in [2.05, 4.69) is 16.0 Å². The summed E-state index contributed by atoms with van der Waals surface area (Å²) in [4.78, 5) is 115. The second-order valence-corrected chi connectivity index (χ2v) is 15.6. The van der Waals surface area contributed by atoms with Gasteiger partial charge in [0.2, 0.25) is 23.6 Å². The van der Waals surface area contributed by atoms with E-state index in [1.807, 2.05) is 19.6 Å². The molecule has 5 aliphatic heterocycles. The molecule has 5 aliphatic rings. The number of nitrogens with zero attached hydrogens (tertiary/aromatic N) is 5. The predicted molar refractivity (Wildman–Crippen MR) is 197 cm³/mol. The topological polar surface area (TPSA) is 257 Å². The SMILES string of the molecule is CC(C)[C@H](NC(=O)CNC(=O)CC[C@@H]1C(=O)OC23CC(=O)CN4CCN(CCN1CCN(CC4)CC(=O)O2)CC(=O)O3)C(=O)N[C@H](C)C(=O)N1CCC[C@H]1B(O)O. The Bertz CT molecular complexity index is 1500. The number of likely N-dealkylation sites (tertiary alicyclic amines) is 1. The third-order valence-electron chi connectivity index (χ3n) is 10.9. The maximum absolute atomic E-state index is 14.0. The number of fused-ring (bicyclic) bond motifs is 12. The molecule has 2 unspecified atom stereocenters. The predicted octanol–water partition coefficient (Wildman–Crippen LogP) is -4.60. The fourth-order valence-corrected chi connectivity index (χ4v) is 7.79. The van der Waals surface area contributed by atoms with E-state index in [0.29, 0.717) is 58.7 Å². The lowest BCUT2D eigenvalue weighted by atomic mass is 9.78. The Balaban J connectivity index is 1.24. The summed E-state index contributed by atoms with van der Waals surface area (Å²) in [5, 5.41) is 27.0. The van der Waals surface area contributed by atoms with Crippen LogP contribution < -0.4 is 16.0 Å². The number of ketones is 1. The van der Waals surface area contributed by atoms with Crippen molar-refractivity contribution in [3.63, 3.8) is 0 Å². The van der Waals surface area contributed by atoms with Crippen LogP contribution in [-0.2, 0) is 52.6 Å². The molecule has 21 nitrogen and oxygen atoms in total. The summed E-state index contributed by atoms with van der Waals surface area (Å²) in [6.07, 6.45) is -0.0868. The van der Waals surface area contributed by atoms with Crippen molar-refractivity contribution in [1.82, 2.24) is 40.4 Å². The summed E-state index contributed by atoms with van der Waals surface area (Å²) in [5.41, 5.74) is 0. The van der Waals surface area contributed by atoms with Crippen LogP contribution in [0.15, 0.2) is 0 Å². The van der Waals surface area contributed by atoms with Gasteiger partial charge in [-0.2, -0.15) is 0 Å². The molecule has 57 heavy (non-hydrogen) atoms. The minimum atomic E-state index is -2.65. The van der Waals surface area contributed by atoms with E-state index in [4.69, 9.17) is 14.2 Å². The first-order chi connectivity index (χ1) is 27.0. The van der Waals surface area contributed by atoms with Gasteiger partial charge in [0.05, 0.1) is 32.1 Å². The molecule has 0 saturated carbocycles. The third kappa shape index (κ3) is 11.9. The lowest BCUT2D eigenvalue weighted by Crippen LogP contribution is -2.57. The molecule has 5 bridgehead atoms. The molecule has 22 heteroatoms. The number of amides is 4. The molecule has 5 saturated heterocycles. The number of nitrogens with one attached hydrogen (secondary N) is 3. The highest BCUT2D eigenvalue weighted by atomic mass is 16.9. The van der Waals surface area contributed by atoms with Gasteiger partial charge in [-0.25, -0.2) is 0 Å². The van der Waals surface area contributed by atoms with E-state index < -0.39 is 103 Å². The van der Waals surface area contributed by atoms with Crippen molar-refractivity contribution in [1.29, 1.82) is 0 Å². The Morgan fingerprint density at radius 3 is 1.95 bits per heavy atom. The van der Waals surface area contributed by atoms with Crippen molar-refractivity contribution in [3.05, 3.63) is 0 Å². The fourth-order valence-electron chi connectivity index (χ4n) is 7.79. The van der Waals surface area contributed by atoms with Crippen LogP contribution in [0.5, 0.6) is 0 Å². The van der Waals surface area contributed by atoms with E-state index >= 15 is 0 Å². The van der Waals surface area contributed by atoms with Gasteiger partial charge in [0.15, 0.2) is 5.78 Å². The highest BCUT2D eigenvalue weighted by Crippen LogP contribution is 2.27. The molecule has 5 N–H and O–H groups in total. The van der Waals surface area contributed by atoms with Crippen LogP contribution >= 0.6 is 0 Å². The van der Waals surface area contributed by atoms with Crippen LogP contribution in [0.1, 0.15) is 52.9 Å². The van der Waals surface area contributed by atoms with Crippen LogP contribution in [0.3, 0.4) is 0 Å². The van der Waals surface area contributed by atoms with Gasteiger partial charge < -0.3 is 45.1 Å². The Labute approximate surface area is 331 Å². The second kappa shape index (κ2) is 19.5. The normalized spacial score (nSPS) is 30.6. The summed E-state index contributed by atoms with van der Waals surface area (Å²) < 4.78 is 16.9. The zero-order valence-corrected chi connectivity index (χ0v) is 32.8. The average Bonchev–Trinajstić information content (AvgIpc) is 3.61. The van der Waals surface area contributed by atoms with Crippen LogP contribution in [0.4, 0.5) is 0 Å².